The minimum Gasteiger partial charge on any atom is -0.444 e. The maximum atomic E-state index is 12.5. The smallest absolute Gasteiger partial charge is 0.410 e. The van der Waals surface area contributed by atoms with Gasteiger partial charge >= 0.3 is 6.09 Å². The highest BCUT2D eigenvalue weighted by Crippen LogP contribution is 2.37. The van der Waals surface area contributed by atoms with E-state index in [9.17, 15) is 9.59 Å². The summed E-state index contributed by atoms with van der Waals surface area (Å²) in [6.07, 6.45) is 4.17. The molecule has 1 atom stereocenters. The third kappa shape index (κ3) is 4.37. The molecule has 0 aromatic heterocycles. The van der Waals surface area contributed by atoms with Gasteiger partial charge in [0.1, 0.15) is 12.1 Å². The standard InChI is InChI=1S/C17H30N2O3/c1-16(2,3)22-15(21)18-9-10-19(14(20)12-18)13-7-6-8-17(4,5)11-13/h13H,6-12H2,1-5H3. The molecule has 1 saturated carbocycles. The van der Waals surface area contributed by atoms with Crippen molar-refractivity contribution in [3.8, 4) is 0 Å². The van der Waals surface area contributed by atoms with Crippen molar-refractivity contribution in [1.29, 1.82) is 0 Å². The lowest BCUT2D eigenvalue weighted by Gasteiger charge is -2.44. The van der Waals surface area contributed by atoms with Gasteiger partial charge in [0.15, 0.2) is 0 Å². The van der Waals surface area contributed by atoms with E-state index in [1.54, 1.807) is 0 Å². The van der Waals surface area contributed by atoms with Crippen LogP contribution in [0.2, 0.25) is 0 Å². The summed E-state index contributed by atoms with van der Waals surface area (Å²) in [5.41, 5.74) is -0.212. The molecular formula is C17H30N2O3. The van der Waals surface area contributed by atoms with Crippen molar-refractivity contribution in [2.24, 2.45) is 5.41 Å². The molecular weight excluding hydrogens is 280 g/mol. The van der Waals surface area contributed by atoms with Crippen LogP contribution in [0, 0.1) is 5.41 Å². The van der Waals surface area contributed by atoms with Crippen LogP contribution in [0.1, 0.15) is 60.3 Å². The lowest BCUT2D eigenvalue weighted by atomic mass is 9.74. The van der Waals surface area contributed by atoms with Gasteiger partial charge < -0.3 is 9.64 Å². The molecule has 1 saturated heterocycles. The van der Waals surface area contributed by atoms with Crippen molar-refractivity contribution in [1.82, 2.24) is 9.80 Å². The Morgan fingerprint density at radius 1 is 1.27 bits per heavy atom. The van der Waals surface area contributed by atoms with Crippen LogP contribution in [0.15, 0.2) is 0 Å². The van der Waals surface area contributed by atoms with Crippen molar-refractivity contribution in [2.45, 2.75) is 71.9 Å². The van der Waals surface area contributed by atoms with Crippen molar-refractivity contribution < 1.29 is 14.3 Å². The Kier molecular flexibility index (Phi) is 4.73. The lowest BCUT2D eigenvalue weighted by molar-refractivity contribution is -0.140. The highest BCUT2D eigenvalue weighted by molar-refractivity contribution is 5.83. The summed E-state index contributed by atoms with van der Waals surface area (Å²) in [5.74, 6) is 0.0554. The molecule has 0 bridgehead atoms. The van der Waals surface area contributed by atoms with E-state index in [-0.39, 0.29) is 18.5 Å². The Morgan fingerprint density at radius 3 is 2.50 bits per heavy atom. The molecule has 0 radical (unpaired) electrons. The molecule has 126 valence electrons. The summed E-state index contributed by atoms with van der Waals surface area (Å²) in [6, 6.07) is 0.331. The van der Waals surface area contributed by atoms with Crippen LogP contribution in [-0.4, -0.2) is 53.1 Å². The van der Waals surface area contributed by atoms with Gasteiger partial charge in [0, 0.05) is 19.1 Å². The van der Waals surface area contributed by atoms with Crippen LogP contribution in [0.4, 0.5) is 4.79 Å². The van der Waals surface area contributed by atoms with Gasteiger partial charge in [0.05, 0.1) is 0 Å². The van der Waals surface area contributed by atoms with E-state index in [0.29, 0.717) is 24.5 Å². The molecule has 0 N–H and O–H groups in total. The molecule has 2 fully saturated rings. The first kappa shape index (κ1) is 17.1. The minimum absolute atomic E-state index is 0.0554. The van der Waals surface area contributed by atoms with E-state index < -0.39 is 5.60 Å². The lowest BCUT2D eigenvalue weighted by Crippen LogP contribution is -2.57. The minimum atomic E-state index is -0.523. The topological polar surface area (TPSA) is 49.9 Å². The fourth-order valence-electron chi connectivity index (χ4n) is 3.48. The molecule has 2 amide bonds. The summed E-state index contributed by atoms with van der Waals surface area (Å²) < 4.78 is 5.36. The van der Waals surface area contributed by atoms with Gasteiger partial charge in [-0.3, -0.25) is 9.69 Å². The van der Waals surface area contributed by atoms with Gasteiger partial charge in [-0.05, 0) is 45.4 Å². The monoisotopic (exact) mass is 310 g/mol. The maximum Gasteiger partial charge on any atom is 0.410 e. The number of piperazine rings is 1. The van der Waals surface area contributed by atoms with Crippen LogP contribution in [-0.2, 0) is 9.53 Å². The first-order chi connectivity index (χ1) is 10.1. The second kappa shape index (κ2) is 6.09. The number of hydrogen-bond acceptors (Lipinski definition) is 3. The summed E-state index contributed by atoms with van der Waals surface area (Å²) in [4.78, 5) is 28.1. The van der Waals surface area contributed by atoms with Gasteiger partial charge in [-0.25, -0.2) is 4.79 Å². The second-order valence-electron chi connectivity index (χ2n) is 8.40. The number of hydrogen-bond donors (Lipinski definition) is 0. The largest absolute Gasteiger partial charge is 0.444 e. The zero-order valence-corrected chi connectivity index (χ0v) is 14.6. The third-order valence-corrected chi connectivity index (χ3v) is 4.53. The predicted octanol–water partition coefficient (Wildman–Crippen LogP) is 3.03. The van der Waals surface area contributed by atoms with Gasteiger partial charge in [-0.2, -0.15) is 0 Å². The first-order valence-corrected chi connectivity index (χ1v) is 8.35. The fraction of sp³-hybridized carbons (Fsp3) is 0.882. The van der Waals surface area contributed by atoms with E-state index in [0.717, 1.165) is 12.8 Å². The molecule has 0 aromatic carbocycles. The maximum absolute atomic E-state index is 12.5. The Hall–Kier alpha value is -1.26. The van der Waals surface area contributed by atoms with Gasteiger partial charge in [-0.15, -0.1) is 0 Å². The van der Waals surface area contributed by atoms with Crippen molar-refractivity contribution >= 4 is 12.0 Å². The molecule has 1 aliphatic carbocycles. The average Bonchev–Trinajstić information content (AvgIpc) is 2.35. The van der Waals surface area contributed by atoms with E-state index in [4.69, 9.17) is 4.74 Å². The van der Waals surface area contributed by atoms with E-state index in [1.807, 2.05) is 25.7 Å². The Labute approximate surface area is 134 Å². The molecule has 2 aliphatic rings. The number of nitrogens with zero attached hydrogens (tertiary/aromatic N) is 2. The van der Waals surface area contributed by atoms with Crippen LogP contribution in [0.25, 0.3) is 0 Å². The van der Waals surface area contributed by atoms with Crippen molar-refractivity contribution in [2.75, 3.05) is 19.6 Å². The molecule has 22 heavy (non-hydrogen) atoms. The first-order valence-electron chi connectivity index (χ1n) is 8.35. The van der Waals surface area contributed by atoms with Crippen molar-refractivity contribution in [3.05, 3.63) is 0 Å². The Balaban J connectivity index is 1.93. The quantitative estimate of drug-likeness (QED) is 0.748. The van der Waals surface area contributed by atoms with Gasteiger partial charge in [0.25, 0.3) is 0 Å². The molecule has 0 spiro atoms. The average molecular weight is 310 g/mol. The molecule has 1 unspecified atom stereocenters. The van der Waals surface area contributed by atoms with E-state index in [1.165, 1.54) is 17.7 Å². The van der Waals surface area contributed by atoms with Crippen LogP contribution < -0.4 is 0 Å². The molecule has 1 aliphatic heterocycles. The summed E-state index contributed by atoms with van der Waals surface area (Å²) >= 11 is 0. The number of ether oxygens (including phenoxy) is 1. The second-order valence-corrected chi connectivity index (χ2v) is 8.40. The molecule has 0 aromatic rings. The number of rotatable bonds is 1. The fourth-order valence-corrected chi connectivity index (χ4v) is 3.48. The molecule has 5 nitrogen and oxygen atoms in total. The van der Waals surface area contributed by atoms with Crippen molar-refractivity contribution in [3.63, 3.8) is 0 Å². The normalized spacial score (nSPS) is 26.0. The SMILES string of the molecule is CC1(C)CCCC(N2CCN(C(=O)OC(C)(C)C)CC2=O)C1. The number of amides is 2. The van der Waals surface area contributed by atoms with E-state index in [2.05, 4.69) is 13.8 Å². The zero-order valence-electron chi connectivity index (χ0n) is 14.6. The Bertz CT molecular complexity index is 440. The van der Waals surface area contributed by atoms with E-state index >= 15 is 0 Å². The highest BCUT2D eigenvalue weighted by atomic mass is 16.6. The molecule has 1 heterocycles. The van der Waals surface area contributed by atoms with Gasteiger partial charge in [-0.1, -0.05) is 20.3 Å². The van der Waals surface area contributed by atoms with Gasteiger partial charge in [0.2, 0.25) is 5.91 Å². The predicted molar refractivity (Wildman–Crippen MR) is 85.6 cm³/mol. The van der Waals surface area contributed by atoms with Crippen LogP contribution >= 0.6 is 0 Å². The third-order valence-electron chi connectivity index (χ3n) is 4.53. The van der Waals surface area contributed by atoms with Crippen LogP contribution in [0.5, 0.6) is 0 Å². The summed E-state index contributed by atoms with van der Waals surface area (Å²) in [7, 11) is 0. The van der Waals surface area contributed by atoms with Crippen LogP contribution in [0.3, 0.4) is 0 Å². The number of carbonyl (C=O) groups is 2. The molecule has 2 rings (SSSR count). The Morgan fingerprint density at radius 2 is 1.95 bits per heavy atom. The summed E-state index contributed by atoms with van der Waals surface area (Å²) in [5, 5.41) is 0. The molecule has 5 heteroatoms. The highest BCUT2D eigenvalue weighted by Gasteiger charge is 2.37. The number of carbonyl (C=O) groups excluding carboxylic acids is 2. The summed E-state index contributed by atoms with van der Waals surface area (Å²) in [6.45, 7) is 11.4. The zero-order chi connectivity index (χ0) is 16.5.